The second-order valence-corrected chi connectivity index (χ2v) is 3.08. The molecule has 0 saturated carbocycles. The fourth-order valence-corrected chi connectivity index (χ4v) is 1.06. The summed E-state index contributed by atoms with van der Waals surface area (Å²) in [4.78, 5) is 36.5. The Morgan fingerprint density at radius 2 is 2.20 bits per heavy atom. The van der Waals surface area contributed by atoms with Crippen LogP contribution in [-0.4, -0.2) is 27.1 Å². The van der Waals surface area contributed by atoms with Crippen molar-refractivity contribution in [3.8, 4) is 0 Å². The highest BCUT2D eigenvalue weighted by atomic mass is 16.4. The quantitative estimate of drug-likeness (QED) is 0.479. The summed E-state index contributed by atoms with van der Waals surface area (Å²) in [5.74, 6) is -1.11. The van der Waals surface area contributed by atoms with E-state index in [-0.39, 0.29) is 12.8 Å². The molecule has 5 N–H and O–H groups in total. The van der Waals surface area contributed by atoms with E-state index in [0.717, 1.165) is 0 Å². The number of nitrogens with two attached hydrogens (primary N) is 1. The maximum atomic E-state index is 11.2. The van der Waals surface area contributed by atoms with E-state index in [1.807, 2.05) is 4.98 Å². The SMILES string of the molecule is NC(CCc1c[nH]c(=O)[nH]c1=O)C(=O)O. The lowest BCUT2D eigenvalue weighted by Crippen LogP contribution is -2.32. The molecule has 15 heavy (non-hydrogen) atoms. The van der Waals surface area contributed by atoms with Gasteiger partial charge in [0.25, 0.3) is 5.56 Å². The third kappa shape index (κ3) is 3.06. The minimum Gasteiger partial charge on any atom is -0.480 e. The largest absolute Gasteiger partial charge is 0.480 e. The zero-order valence-electron chi connectivity index (χ0n) is 7.82. The molecule has 0 amide bonds. The van der Waals surface area contributed by atoms with E-state index in [2.05, 4.69) is 4.98 Å². The molecule has 0 saturated heterocycles. The number of hydrogen-bond donors (Lipinski definition) is 4. The van der Waals surface area contributed by atoms with Crippen molar-refractivity contribution >= 4 is 5.97 Å². The van der Waals surface area contributed by atoms with E-state index in [4.69, 9.17) is 10.8 Å². The average Bonchev–Trinajstić information content (AvgIpc) is 2.15. The highest BCUT2D eigenvalue weighted by Gasteiger charge is 2.12. The van der Waals surface area contributed by atoms with E-state index < -0.39 is 23.3 Å². The normalized spacial score (nSPS) is 12.3. The molecule has 0 aliphatic heterocycles. The number of rotatable bonds is 4. The van der Waals surface area contributed by atoms with Gasteiger partial charge in [0, 0.05) is 11.8 Å². The monoisotopic (exact) mass is 213 g/mol. The van der Waals surface area contributed by atoms with Crippen molar-refractivity contribution in [2.24, 2.45) is 5.73 Å². The third-order valence-corrected chi connectivity index (χ3v) is 1.94. The van der Waals surface area contributed by atoms with Gasteiger partial charge >= 0.3 is 11.7 Å². The second-order valence-electron chi connectivity index (χ2n) is 3.08. The highest BCUT2D eigenvalue weighted by Crippen LogP contribution is 1.96. The number of H-pyrrole nitrogens is 2. The molecule has 82 valence electrons. The first kappa shape index (κ1) is 11.2. The lowest BCUT2D eigenvalue weighted by Gasteiger charge is -2.04. The Bertz CT molecular complexity index is 461. The Morgan fingerprint density at radius 1 is 1.53 bits per heavy atom. The number of carboxylic acids is 1. The van der Waals surface area contributed by atoms with Crippen molar-refractivity contribution in [3.63, 3.8) is 0 Å². The van der Waals surface area contributed by atoms with Crippen molar-refractivity contribution < 1.29 is 9.90 Å². The topological polar surface area (TPSA) is 129 Å². The van der Waals surface area contributed by atoms with Crippen LogP contribution in [0.25, 0.3) is 0 Å². The number of aryl methyl sites for hydroxylation is 1. The maximum absolute atomic E-state index is 11.2. The Hall–Kier alpha value is -1.89. The van der Waals surface area contributed by atoms with Crippen molar-refractivity contribution in [3.05, 3.63) is 32.6 Å². The van der Waals surface area contributed by atoms with Gasteiger partial charge in [0.15, 0.2) is 0 Å². The van der Waals surface area contributed by atoms with Crippen LogP contribution in [0.15, 0.2) is 15.8 Å². The van der Waals surface area contributed by atoms with Gasteiger partial charge in [-0.25, -0.2) is 4.79 Å². The van der Waals surface area contributed by atoms with Crippen LogP contribution in [0.4, 0.5) is 0 Å². The van der Waals surface area contributed by atoms with Gasteiger partial charge in [0.05, 0.1) is 0 Å². The fraction of sp³-hybridized carbons (Fsp3) is 0.375. The van der Waals surface area contributed by atoms with Crippen LogP contribution in [0.2, 0.25) is 0 Å². The average molecular weight is 213 g/mol. The molecular weight excluding hydrogens is 202 g/mol. The molecule has 1 heterocycles. The molecule has 1 atom stereocenters. The van der Waals surface area contributed by atoms with Crippen LogP contribution in [0, 0.1) is 0 Å². The summed E-state index contributed by atoms with van der Waals surface area (Å²) in [6.45, 7) is 0. The Labute approximate surface area is 83.9 Å². The lowest BCUT2D eigenvalue weighted by atomic mass is 10.1. The summed E-state index contributed by atoms with van der Waals surface area (Å²) in [5.41, 5.74) is 4.46. The molecule has 0 spiro atoms. The number of carbonyl (C=O) groups is 1. The van der Waals surface area contributed by atoms with Gasteiger partial charge in [0.2, 0.25) is 0 Å². The predicted octanol–water partition coefficient (Wildman–Crippen LogP) is -1.59. The zero-order chi connectivity index (χ0) is 11.4. The molecule has 0 aliphatic rings. The summed E-state index contributed by atoms with van der Waals surface area (Å²) < 4.78 is 0. The van der Waals surface area contributed by atoms with Gasteiger partial charge in [-0.1, -0.05) is 0 Å². The van der Waals surface area contributed by atoms with E-state index in [0.29, 0.717) is 5.56 Å². The highest BCUT2D eigenvalue weighted by molar-refractivity contribution is 5.73. The van der Waals surface area contributed by atoms with Crippen LogP contribution in [-0.2, 0) is 11.2 Å². The van der Waals surface area contributed by atoms with Crippen molar-refractivity contribution in [1.29, 1.82) is 0 Å². The van der Waals surface area contributed by atoms with Crippen LogP contribution in [0.3, 0.4) is 0 Å². The van der Waals surface area contributed by atoms with Gasteiger partial charge in [0.1, 0.15) is 6.04 Å². The van der Waals surface area contributed by atoms with Crippen LogP contribution >= 0.6 is 0 Å². The van der Waals surface area contributed by atoms with E-state index in [9.17, 15) is 14.4 Å². The summed E-state index contributed by atoms with van der Waals surface area (Å²) in [6, 6.07) is -1.00. The number of hydrogen-bond acceptors (Lipinski definition) is 4. The van der Waals surface area contributed by atoms with E-state index in [1.54, 1.807) is 0 Å². The fourth-order valence-electron chi connectivity index (χ4n) is 1.06. The molecule has 0 radical (unpaired) electrons. The Morgan fingerprint density at radius 3 is 2.73 bits per heavy atom. The minimum absolute atomic E-state index is 0.143. The Kier molecular flexibility index (Phi) is 3.40. The van der Waals surface area contributed by atoms with Crippen LogP contribution in [0.1, 0.15) is 12.0 Å². The summed E-state index contributed by atoms with van der Waals surface area (Å²) in [7, 11) is 0. The standard InChI is InChI=1S/C8H11N3O4/c9-5(7(13)14)2-1-4-3-10-8(15)11-6(4)12/h3,5H,1-2,9H2,(H,13,14)(H2,10,11,12,15). The number of carboxylic acid groups (broad SMARTS) is 1. The molecule has 7 nitrogen and oxygen atoms in total. The summed E-state index contributed by atoms with van der Waals surface area (Å²) in [5, 5.41) is 8.50. The number of aromatic nitrogens is 2. The molecule has 0 fully saturated rings. The molecule has 0 bridgehead atoms. The van der Waals surface area contributed by atoms with E-state index >= 15 is 0 Å². The van der Waals surface area contributed by atoms with Gasteiger partial charge in [-0.3, -0.25) is 14.6 Å². The Balaban J connectivity index is 2.70. The summed E-state index contributed by atoms with van der Waals surface area (Å²) in [6.07, 6.45) is 1.61. The van der Waals surface area contributed by atoms with Crippen molar-refractivity contribution in [2.45, 2.75) is 18.9 Å². The molecule has 7 heteroatoms. The maximum Gasteiger partial charge on any atom is 0.325 e. The predicted molar refractivity (Wildman–Crippen MR) is 51.6 cm³/mol. The van der Waals surface area contributed by atoms with Crippen molar-refractivity contribution in [1.82, 2.24) is 9.97 Å². The molecular formula is C8H11N3O4. The van der Waals surface area contributed by atoms with Crippen molar-refractivity contribution in [2.75, 3.05) is 0 Å². The molecule has 1 unspecified atom stereocenters. The van der Waals surface area contributed by atoms with Gasteiger partial charge in [-0.05, 0) is 12.8 Å². The first-order valence-electron chi connectivity index (χ1n) is 4.30. The minimum atomic E-state index is -1.11. The third-order valence-electron chi connectivity index (χ3n) is 1.94. The lowest BCUT2D eigenvalue weighted by molar-refractivity contribution is -0.138. The van der Waals surface area contributed by atoms with Crippen LogP contribution in [0.5, 0.6) is 0 Å². The van der Waals surface area contributed by atoms with Gasteiger partial charge in [-0.15, -0.1) is 0 Å². The first-order valence-corrected chi connectivity index (χ1v) is 4.30. The first-order chi connectivity index (χ1) is 7.00. The number of aromatic amines is 2. The number of nitrogens with one attached hydrogen (secondary N) is 2. The molecule has 1 aromatic rings. The second kappa shape index (κ2) is 4.56. The molecule has 0 aliphatic carbocycles. The molecule has 1 rings (SSSR count). The summed E-state index contributed by atoms with van der Waals surface area (Å²) >= 11 is 0. The zero-order valence-corrected chi connectivity index (χ0v) is 7.82. The van der Waals surface area contributed by atoms with Crippen LogP contribution < -0.4 is 17.0 Å². The molecule has 0 aromatic carbocycles. The van der Waals surface area contributed by atoms with Gasteiger partial charge < -0.3 is 15.8 Å². The van der Waals surface area contributed by atoms with E-state index in [1.165, 1.54) is 6.20 Å². The molecule has 1 aromatic heterocycles. The smallest absolute Gasteiger partial charge is 0.325 e. The van der Waals surface area contributed by atoms with Gasteiger partial charge in [-0.2, -0.15) is 0 Å². The number of aliphatic carboxylic acids is 1.